The molecule has 2 aromatic rings. The van der Waals surface area contributed by atoms with Crippen LogP contribution in [0.2, 0.25) is 0 Å². The molecule has 0 spiro atoms. The van der Waals surface area contributed by atoms with Crippen molar-refractivity contribution in [3.05, 3.63) is 52.3 Å². The Labute approximate surface area is 124 Å². The summed E-state index contributed by atoms with van der Waals surface area (Å²) in [4.78, 5) is 16.0. The number of nitrogen functional groups attached to an aromatic ring is 1. The van der Waals surface area contributed by atoms with Crippen molar-refractivity contribution in [3.8, 4) is 5.75 Å². The summed E-state index contributed by atoms with van der Waals surface area (Å²) < 4.78 is 11.1. The van der Waals surface area contributed by atoms with Gasteiger partial charge >= 0.3 is 5.97 Å². The van der Waals surface area contributed by atoms with E-state index in [4.69, 9.17) is 15.2 Å². The molecule has 0 aliphatic carbocycles. The first kappa shape index (κ1) is 14.3. The number of esters is 1. The number of aromatic nitrogens is 1. The Morgan fingerprint density at radius 2 is 2.15 bits per heavy atom. The molecule has 0 amide bonds. The fourth-order valence-corrected chi connectivity index (χ4v) is 1.81. The lowest BCUT2D eigenvalue weighted by Gasteiger charge is -2.07. The fourth-order valence-electron chi connectivity index (χ4n) is 1.58. The molecule has 104 valence electrons. The molecule has 1 heterocycles. The molecular weight excluding hydrogens is 324 g/mol. The lowest BCUT2D eigenvalue weighted by molar-refractivity contribution is 0.0468. The molecule has 0 bridgehead atoms. The maximum absolute atomic E-state index is 11.9. The zero-order valence-electron chi connectivity index (χ0n) is 10.8. The monoisotopic (exact) mass is 336 g/mol. The summed E-state index contributed by atoms with van der Waals surface area (Å²) in [6.07, 6.45) is 1.65. The number of nitrogens with two attached hydrogens (primary N) is 1. The van der Waals surface area contributed by atoms with Gasteiger partial charge in [-0.1, -0.05) is 0 Å². The third kappa shape index (κ3) is 3.48. The van der Waals surface area contributed by atoms with Crippen molar-refractivity contribution in [3.63, 3.8) is 0 Å². The van der Waals surface area contributed by atoms with Gasteiger partial charge in [0.1, 0.15) is 12.4 Å². The molecule has 0 aliphatic heterocycles. The van der Waals surface area contributed by atoms with Crippen LogP contribution >= 0.6 is 15.9 Å². The second-order valence-electron chi connectivity index (χ2n) is 4.00. The van der Waals surface area contributed by atoms with Gasteiger partial charge in [-0.2, -0.15) is 0 Å². The highest BCUT2D eigenvalue weighted by molar-refractivity contribution is 9.10. The summed E-state index contributed by atoms with van der Waals surface area (Å²) in [5.41, 5.74) is 7.18. The largest absolute Gasteiger partial charge is 0.495 e. The number of anilines is 1. The highest BCUT2D eigenvalue weighted by Gasteiger charge is 2.10. The van der Waals surface area contributed by atoms with Gasteiger partial charge in [0.05, 0.1) is 24.1 Å². The normalized spacial score (nSPS) is 10.1. The smallest absolute Gasteiger partial charge is 0.338 e. The number of methoxy groups -OCH3 is 1. The Morgan fingerprint density at radius 3 is 2.75 bits per heavy atom. The zero-order chi connectivity index (χ0) is 14.5. The van der Waals surface area contributed by atoms with Gasteiger partial charge in [-0.25, -0.2) is 4.79 Å². The molecule has 0 aliphatic rings. The molecule has 0 saturated heterocycles. The third-order valence-corrected chi connectivity index (χ3v) is 3.07. The van der Waals surface area contributed by atoms with Crippen molar-refractivity contribution >= 4 is 27.6 Å². The number of carbonyl (C=O) groups is 1. The number of rotatable bonds is 4. The summed E-state index contributed by atoms with van der Waals surface area (Å²) in [6, 6.07) is 8.37. The van der Waals surface area contributed by atoms with Gasteiger partial charge in [0.15, 0.2) is 0 Å². The second kappa shape index (κ2) is 6.38. The van der Waals surface area contributed by atoms with Crippen molar-refractivity contribution in [2.75, 3.05) is 12.8 Å². The molecule has 0 atom stereocenters. The molecule has 2 rings (SSSR count). The van der Waals surface area contributed by atoms with E-state index < -0.39 is 5.97 Å². The SMILES string of the molecule is COc1ccc(C(=O)OCc2ccc(Br)cn2)cc1N. The number of carbonyl (C=O) groups excluding carboxylic acids is 1. The van der Waals surface area contributed by atoms with Crippen LogP contribution in [0.5, 0.6) is 5.75 Å². The third-order valence-electron chi connectivity index (χ3n) is 2.61. The first-order chi connectivity index (χ1) is 9.60. The van der Waals surface area contributed by atoms with Crippen molar-refractivity contribution < 1.29 is 14.3 Å². The number of nitrogens with zero attached hydrogens (tertiary/aromatic N) is 1. The number of pyridine rings is 1. The summed E-state index contributed by atoms with van der Waals surface area (Å²) in [6.45, 7) is 0.109. The van der Waals surface area contributed by atoms with Crippen LogP contribution in [0.15, 0.2) is 41.0 Å². The summed E-state index contributed by atoms with van der Waals surface area (Å²) in [5, 5.41) is 0. The number of ether oxygens (including phenoxy) is 2. The molecule has 1 aromatic carbocycles. The Bertz CT molecular complexity index is 614. The average Bonchev–Trinajstić information content (AvgIpc) is 2.46. The van der Waals surface area contributed by atoms with Crippen LogP contribution in [0.25, 0.3) is 0 Å². The van der Waals surface area contributed by atoms with Crippen molar-refractivity contribution in [2.24, 2.45) is 0 Å². The van der Waals surface area contributed by atoms with Crippen LogP contribution < -0.4 is 10.5 Å². The average molecular weight is 337 g/mol. The molecule has 5 nitrogen and oxygen atoms in total. The highest BCUT2D eigenvalue weighted by atomic mass is 79.9. The predicted molar refractivity (Wildman–Crippen MR) is 78.5 cm³/mol. The molecule has 6 heteroatoms. The van der Waals surface area contributed by atoms with E-state index in [2.05, 4.69) is 20.9 Å². The minimum absolute atomic E-state index is 0.109. The quantitative estimate of drug-likeness (QED) is 0.686. The number of benzene rings is 1. The Balaban J connectivity index is 2.01. The van der Waals surface area contributed by atoms with E-state index in [0.717, 1.165) is 4.47 Å². The Kier molecular flexibility index (Phi) is 4.57. The van der Waals surface area contributed by atoms with Crippen LogP contribution in [-0.2, 0) is 11.3 Å². The van der Waals surface area contributed by atoms with Gasteiger partial charge in [0.25, 0.3) is 0 Å². The molecule has 0 unspecified atom stereocenters. The van der Waals surface area contributed by atoms with Gasteiger partial charge < -0.3 is 15.2 Å². The number of halogens is 1. The molecule has 2 N–H and O–H groups in total. The second-order valence-corrected chi connectivity index (χ2v) is 4.92. The van der Waals surface area contributed by atoms with Crippen molar-refractivity contribution in [1.29, 1.82) is 0 Å². The lowest BCUT2D eigenvalue weighted by atomic mass is 10.2. The molecule has 20 heavy (non-hydrogen) atoms. The van der Waals surface area contributed by atoms with Crippen LogP contribution in [-0.4, -0.2) is 18.1 Å². The minimum atomic E-state index is -0.455. The van der Waals surface area contributed by atoms with Crippen molar-refractivity contribution in [1.82, 2.24) is 4.98 Å². The van der Waals surface area contributed by atoms with Crippen LogP contribution in [0.1, 0.15) is 16.1 Å². The number of hydrogen-bond donors (Lipinski definition) is 1. The first-order valence-electron chi connectivity index (χ1n) is 5.81. The van der Waals surface area contributed by atoms with E-state index in [9.17, 15) is 4.79 Å². The maximum atomic E-state index is 11.9. The van der Waals surface area contributed by atoms with Gasteiger partial charge in [-0.15, -0.1) is 0 Å². The van der Waals surface area contributed by atoms with Gasteiger partial charge in [0, 0.05) is 10.7 Å². The van der Waals surface area contributed by atoms with Gasteiger partial charge in [0.2, 0.25) is 0 Å². The van der Waals surface area contributed by atoms with Crippen molar-refractivity contribution in [2.45, 2.75) is 6.61 Å². The van der Waals surface area contributed by atoms with Crippen LogP contribution in [0.3, 0.4) is 0 Å². The highest BCUT2D eigenvalue weighted by Crippen LogP contribution is 2.22. The molecule has 0 saturated carbocycles. The van der Waals surface area contributed by atoms with Crippen LogP contribution in [0.4, 0.5) is 5.69 Å². The summed E-state index contributed by atoms with van der Waals surface area (Å²) in [7, 11) is 1.52. The summed E-state index contributed by atoms with van der Waals surface area (Å²) >= 11 is 3.29. The van der Waals surface area contributed by atoms with E-state index >= 15 is 0 Å². The van der Waals surface area contributed by atoms with Gasteiger partial charge in [-0.05, 0) is 46.3 Å². The van der Waals surface area contributed by atoms with Gasteiger partial charge in [-0.3, -0.25) is 4.98 Å². The molecule has 1 aromatic heterocycles. The Morgan fingerprint density at radius 1 is 1.35 bits per heavy atom. The Hall–Kier alpha value is -2.08. The fraction of sp³-hybridized carbons (Fsp3) is 0.143. The maximum Gasteiger partial charge on any atom is 0.338 e. The standard InChI is InChI=1S/C14H13BrN2O3/c1-19-13-5-2-9(6-12(13)16)14(18)20-8-11-4-3-10(15)7-17-11/h2-7H,8,16H2,1H3. The molecular formula is C14H13BrN2O3. The predicted octanol–water partition coefficient (Wildman–Crippen LogP) is 2.79. The van der Waals surface area contributed by atoms with E-state index in [0.29, 0.717) is 22.7 Å². The first-order valence-corrected chi connectivity index (χ1v) is 6.60. The zero-order valence-corrected chi connectivity index (χ0v) is 12.4. The molecule has 0 radical (unpaired) electrons. The minimum Gasteiger partial charge on any atom is -0.495 e. The lowest BCUT2D eigenvalue weighted by Crippen LogP contribution is -2.07. The van der Waals surface area contributed by atoms with Crippen LogP contribution in [0, 0.1) is 0 Å². The number of hydrogen-bond acceptors (Lipinski definition) is 5. The van der Waals surface area contributed by atoms with E-state index in [1.54, 1.807) is 24.4 Å². The molecule has 0 fully saturated rings. The topological polar surface area (TPSA) is 74.4 Å². The van der Waals surface area contributed by atoms with E-state index in [-0.39, 0.29) is 6.61 Å². The summed E-state index contributed by atoms with van der Waals surface area (Å²) in [5.74, 6) is 0.0696. The van der Waals surface area contributed by atoms with E-state index in [1.165, 1.54) is 13.2 Å². The van der Waals surface area contributed by atoms with E-state index in [1.807, 2.05) is 6.07 Å².